The lowest BCUT2D eigenvalue weighted by Gasteiger charge is -2.23. The van der Waals surface area contributed by atoms with Crippen LogP contribution >= 0.6 is 0 Å². The minimum absolute atomic E-state index is 0.191. The number of amides is 3. The molecule has 0 spiro atoms. The molecule has 98 valence electrons. The van der Waals surface area contributed by atoms with Crippen LogP contribution in [0.2, 0.25) is 0 Å². The predicted octanol–water partition coefficient (Wildman–Crippen LogP) is -0.320. The van der Waals surface area contributed by atoms with Crippen LogP contribution < -0.4 is 15.5 Å². The Labute approximate surface area is 103 Å². The summed E-state index contributed by atoms with van der Waals surface area (Å²) in [7, 11) is 0. The van der Waals surface area contributed by atoms with E-state index in [1.165, 1.54) is 24.2 Å². The summed E-state index contributed by atoms with van der Waals surface area (Å²) in [6, 6.07) is -0.404. The molecule has 1 fully saturated rings. The van der Waals surface area contributed by atoms with E-state index in [4.69, 9.17) is 0 Å². The quantitative estimate of drug-likeness (QED) is 0.621. The highest BCUT2D eigenvalue weighted by molar-refractivity contribution is 5.94. The first-order valence-electron chi connectivity index (χ1n) is 6.32. The number of imide groups is 1. The molecular weight excluding hydrogens is 218 g/mol. The van der Waals surface area contributed by atoms with Crippen LogP contribution in [0.3, 0.4) is 0 Å². The van der Waals surface area contributed by atoms with Crippen LogP contribution in [0, 0.1) is 0 Å². The van der Waals surface area contributed by atoms with Crippen LogP contribution in [0.5, 0.6) is 0 Å². The molecule has 1 saturated heterocycles. The topological polar surface area (TPSA) is 62.6 Å². The number of piperidine rings is 1. The van der Waals surface area contributed by atoms with Crippen molar-refractivity contribution in [1.29, 1.82) is 0 Å². The van der Waals surface area contributed by atoms with Crippen molar-refractivity contribution in [1.82, 2.24) is 10.6 Å². The van der Waals surface area contributed by atoms with Crippen LogP contribution in [-0.4, -0.2) is 37.1 Å². The predicted molar refractivity (Wildman–Crippen MR) is 65.8 cm³/mol. The van der Waals surface area contributed by atoms with Gasteiger partial charge in [0.05, 0.1) is 13.1 Å². The summed E-state index contributed by atoms with van der Waals surface area (Å²) in [5.74, 6) is -0.191. The van der Waals surface area contributed by atoms with Crippen molar-refractivity contribution in [3.8, 4) is 0 Å². The summed E-state index contributed by atoms with van der Waals surface area (Å²) in [6.45, 7) is 8.12. The highest BCUT2D eigenvalue weighted by Gasteiger charge is 2.20. The molecular formula is C12H24N3O2+. The number of nitrogens with one attached hydrogen (secondary N) is 3. The molecule has 0 aromatic rings. The van der Waals surface area contributed by atoms with Crippen LogP contribution in [0.25, 0.3) is 0 Å². The van der Waals surface area contributed by atoms with Crippen LogP contribution in [0.15, 0.2) is 0 Å². The van der Waals surface area contributed by atoms with Gasteiger partial charge >= 0.3 is 6.03 Å². The number of hydrogen-bond donors (Lipinski definition) is 3. The number of carbonyl (C=O) groups excluding carboxylic acids is 2. The van der Waals surface area contributed by atoms with Gasteiger partial charge in [0.15, 0.2) is 6.54 Å². The third-order valence-corrected chi connectivity index (χ3v) is 2.71. The van der Waals surface area contributed by atoms with Crippen molar-refractivity contribution in [3.05, 3.63) is 0 Å². The van der Waals surface area contributed by atoms with Gasteiger partial charge in [-0.3, -0.25) is 10.1 Å². The first kappa shape index (κ1) is 14.0. The van der Waals surface area contributed by atoms with Crippen molar-refractivity contribution in [2.24, 2.45) is 0 Å². The fourth-order valence-electron chi connectivity index (χ4n) is 2.00. The van der Waals surface area contributed by atoms with Gasteiger partial charge in [0.1, 0.15) is 0 Å². The van der Waals surface area contributed by atoms with Gasteiger partial charge in [-0.25, -0.2) is 4.79 Å². The van der Waals surface area contributed by atoms with Gasteiger partial charge in [-0.2, -0.15) is 0 Å². The van der Waals surface area contributed by atoms with E-state index >= 15 is 0 Å². The maximum Gasteiger partial charge on any atom is 0.322 e. The Hall–Kier alpha value is -1.10. The number of hydrogen-bond acceptors (Lipinski definition) is 2. The molecule has 1 aliphatic heterocycles. The molecule has 0 radical (unpaired) electrons. The summed E-state index contributed by atoms with van der Waals surface area (Å²) in [5.41, 5.74) is -0.317. The minimum Gasteiger partial charge on any atom is -0.333 e. The van der Waals surface area contributed by atoms with Crippen LogP contribution in [0.4, 0.5) is 4.79 Å². The Kier molecular flexibility index (Phi) is 4.93. The van der Waals surface area contributed by atoms with Gasteiger partial charge in [-0.1, -0.05) is 0 Å². The van der Waals surface area contributed by atoms with E-state index in [-0.39, 0.29) is 11.4 Å². The second-order valence-electron chi connectivity index (χ2n) is 5.74. The molecule has 0 aromatic heterocycles. The molecule has 3 N–H and O–H groups in total. The van der Waals surface area contributed by atoms with Crippen LogP contribution in [0.1, 0.15) is 40.0 Å². The largest absolute Gasteiger partial charge is 0.333 e. The van der Waals surface area contributed by atoms with Gasteiger partial charge in [0.2, 0.25) is 0 Å². The maximum atomic E-state index is 11.6. The Balaban J connectivity index is 2.26. The Morgan fingerprint density at radius 1 is 1.12 bits per heavy atom. The lowest BCUT2D eigenvalue weighted by molar-refractivity contribution is -0.896. The molecule has 0 atom stereocenters. The molecule has 5 heteroatoms. The molecule has 0 bridgehead atoms. The molecule has 0 aromatic carbocycles. The highest BCUT2D eigenvalue weighted by atomic mass is 16.2. The minimum atomic E-state index is -0.404. The van der Waals surface area contributed by atoms with E-state index in [1.54, 1.807) is 0 Å². The van der Waals surface area contributed by atoms with E-state index in [0.717, 1.165) is 13.1 Å². The average Bonchev–Trinajstić information content (AvgIpc) is 2.15. The van der Waals surface area contributed by atoms with Gasteiger partial charge in [-0.05, 0) is 40.0 Å². The fraction of sp³-hybridized carbons (Fsp3) is 0.833. The van der Waals surface area contributed by atoms with E-state index < -0.39 is 6.03 Å². The molecule has 0 saturated carbocycles. The monoisotopic (exact) mass is 242 g/mol. The van der Waals surface area contributed by atoms with E-state index in [9.17, 15) is 9.59 Å². The second-order valence-corrected chi connectivity index (χ2v) is 5.74. The molecule has 0 aliphatic carbocycles. The molecule has 5 nitrogen and oxygen atoms in total. The Morgan fingerprint density at radius 3 is 2.24 bits per heavy atom. The van der Waals surface area contributed by atoms with Gasteiger partial charge in [0.25, 0.3) is 5.91 Å². The SMILES string of the molecule is CC(C)(C)NC(=O)NC(=O)C[NH+]1CCCCC1. The second kappa shape index (κ2) is 6.00. The number of likely N-dealkylation sites (tertiary alicyclic amines) is 1. The molecule has 1 rings (SSSR count). The Bertz CT molecular complexity index is 278. The fourth-order valence-corrected chi connectivity index (χ4v) is 2.00. The average molecular weight is 242 g/mol. The first-order valence-corrected chi connectivity index (χ1v) is 6.32. The van der Waals surface area contributed by atoms with Gasteiger partial charge in [0, 0.05) is 5.54 Å². The molecule has 1 heterocycles. The number of quaternary nitrogens is 1. The summed E-state index contributed by atoms with van der Waals surface area (Å²) >= 11 is 0. The first-order chi connectivity index (χ1) is 7.87. The smallest absolute Gasteiger partial charge is 0.322 e. The third-order valence-electron chi connectivity index (χ3n) is 2.71. The molecule has 3 amide bonds. The van der Waals surface area contributed by atoms with Gasteiger partial charge in [-0.15, -0.1) is 0 Å². The zero-order valence-corrected chi connectivity index (χ0v) is 11.1. The molecule has 0 unspecified atom stereocenters. The number of urea groups is 1. The van der Waals surface area contributed by atoms with Gasteiger partial charge < -0.3 is 10.2 Å². The highest BCUT2D eigenvalue weighted by Crippen LogP contribution is 1.97. The molecule has 17 heavy (non-hydrogen) atoms. The third kappa shape index (κ3) is 6.26. The van der Waals surface area contributed by atoms with E-state index in [0.29, 0.717) is 6.54 Å². The van der Waals surface area contributed by atoms with E-state index in [2.05, 4.69) is 10.6 Å². The van der Waals surface area contributed by atoms with Crippen LogP contribution in [-0.2, 0) is 4.79 Å². The summed E-state index contributed by atoms with van der Waals surface area (Å²) < 4.78 is 0. The standard InChI is InChI=1S/C12H23N3O2/c1-12(2,3)14-11(17)13-10(16)9-15-7-5-4-6-8-15/h4-9H2,1-3H3,(H2,13,14,16,17)/p+1. The summed E-state index contributed by atoms with van der Waals surface area (Å²) in [5, 5.41) is 5.08. The van der Waals surface area contributed by atoms with Crippen molar-refractivity contribution in [2.75, 3.05) is 19.6 Å². The normalized spacial score (nSPS) is 17.6. The van der Waals surface area contributed by atoms with Crippen molar-refractivity contribution in [2.45, 2.75) is 45.6 Å². The van der Waals surface area contributed by atoms with Crippen molar-refractivity contribution < 1.29 is 14.5 Å². The van der Waals surface area contributed by atoms with Crippen molar-refractivity contribution >= 4 is 11.9 Å². The zero-order valence-electron chi connectivity index (χ0n) is 11.1. The maximum absolute atomic E-state index is 11.6. The summed E-state index contributed by atoms with van der Waals surface area (Å²) in [6.07, 6.45) is 3.61. The number of rotatable bonds is 2. The lowest BCUT2D eigenvalue weighted by atomic mass is 10.1. The molecule has 1 aliphatic rings. The zero-order chi connectivity index (χ0) is 12.9. The number of carbonyl (C=O) groups is 2. The van der Waals surface area contributed by atoms with E-state index in [1.807, 2.05) is 20.8 Å². The lowest BCUT2D eigenvalue weighted by Crippen LogP contribution is -3.14. The summed E-state index contributed by atoms with van der Waals surface area (Å²) in [4.78, 5) is 24.3. The Morgan fingerprint density at radius 2 is 1.71 bits per heavy atom. The van der Waals surface area contributed by atoms with Crippen molar-refractivity contribution in [3.63, 3.8) is 0 Å².